The molecule has 2 heterocycles. The number of H-pyrrole nitrogens is 1. The molecule has 1 N–H and O–H groups in total. The Kier molecular flexibility index (Phi) is 2.71. The van der Waals surface area contributed by atoms with Gasteiger partial charge in [0.05, 0.1) is 17.1 Å². The molecule has 0 spiro atoms. The molecule has 1 aromatic carbocycles. The van der Waals surface area contributed by atoms with Gasteiger partial charge < -0.3 is 4.98 Å². The number of fused-ring (bicyclic) bond motifs is 1. The van der Waals surface area contributed by atoms with Gasteiger partial charge in [0.15, 0.2) is 5.16 Å². The van der Waals surface area contributed by atoms with Crippen molar-refractivity contribution in [3.8, 4) is 6.07 Å². The van der Waals surface area contributed by atoms with Crippen LogP contribution in [0.15, 0.2) is 52.9 Å². The van der Waals surface area contributed by atoms with E-state index in [0.717, 1.165) is 21.1 Å². The number of para-hydroxylation sites is 1. The van der Waals surface area contributed by atoms with Gasteiger partial charge >= 0.3 is 0 Å². The predicted molar refractivity (Wildman–Crippen MR) is 69.2 cm³/mol. The molecule has 0 aliphatic rings. The maximum Gasteiger partial charge on any atom is 0.171 e. The Morgan fingerprint density at radius 1 is 1.28 bits per heavy atom. The minimum Gasteiger partial charge on any atom is -0.339 e. The molecule has 0 saturated heterocycles. The van der Waals surface area contributed by atoms with Crippen molar-refractivity contribution in [3.63, 3.8) is 0 Å². The first-order valence-corrected chi connectivity index (χ1v) is 6.15. The zero-order chi connectivity index (χ0) is 12.4. The highest BCUT2D eigenvalue weighted by atomic mass is 32.2. The zero-order valence-electron chi connectivity index (χ0n) is 9.29. The molecule has 3 aromatic rings. The third-order valence-corrected chi connectivity index (χ3v) is 3.32. The monoisotopic (exact) mass is 252 g/mol. The molecular formula is C13H8N4S. The Morgan fingerprint density at radius 3 is 2.94 bits per heavy atom. The molecule has 0 bridgehead atoms. The van der Waals surface area contributed by atoms with Gasteiger partial charge in [-0.1, -0.05) is 18.2 Å². The number of nitrogens with one attached hydrogen (secondary N) is 1. The number of nitrogens with zero attached hydrogens (tertiary/aromatic N) is 3. The van der Waals surface area contributed by atoms with Crippen LogP contribution < -0.4 is 0 Å². The molecule has 0 aliphatic heterocycles. The lowest BCUT2D eigenvalue weighted by Crippen LogP contribution is -1.88. The molecule has 0 aliphatic carbocycles. The number of benzene rings is 1. The number of hydrogen-bond acceptors (Lipinski definition) is 4. The lowest BCUT2D eigenvalue weighted by atomic mass is 10.1. The molecule has 0 radical (unpaired) electrons. The normalized spacial score (nSPS) is 10.4. The van der Waals surface area contributed by atoms with Crippen LogP contribution in [0, 0.1) is 11.3 Å². The first-order chi connectivity index (χ1) is 8.86. The maximum atomic E-state index is 9.18. The number of pyridine rings is 1. The van der Waals surface area contributed by atoms with Crippen LogP contribution in [0.2, 0.25) is 0 Å². The summed E-state index contributed by atoms with van der Waals surface area (Å²) in [6.07, 6.45) is 3.45. The fraction of sp³-hybridized carbons (Fsp3) is 0. The summed E-state index contributed by atoms with van der Waals surface area (Å²) in [5.41, 5.74) is 1.46. The van der Waals surface area contributed by atoms with E-state index in [1.807, 2.05) is 24.3 Å². The standard InChI is InChI=1S/C13H8N4S/c14-8-9-7-12(18-13-15-5-6-16-13)17-11-4-2-1-3-10(9)11/h1-7H,(H,15,16). The van der Waals surface area contributed by atoms with E-state index in [4.69, 9.17) is 0 Å². The first kappa shape index (κ1) is 10.8. The molecule has 4 nitrogen and oxygen atoms in total. The van der Waals surface area contributed by atoms with Gasteiger partial charge in [-0.05, 0) is 23.9 Å². The molecular weight excluding hydrogens is 244 g/mol. The van der Waals surface area contributed by atoms with Crippen LogP contribution in [0.3, 0.4) is 0 Å². The van der Waals surface area contributed by atoms with Gasteiger partial charge in [0.25, 0.3) is 0 Å². The second-order valence-electron chi connectivity index (χ2n) is 3.63. The number of aromatic amines is 1. The minimum absolute atomic E-state index is 0.634. The molecule has 0 atom stereocenters. The Bertz CT molecular complexity index is 728. The van der Waals surface area contributed by atoms with Crippen molar-refractivity contribution in [3.05, 3.63) is 48.3 Å². The smallest absolute Gasteiger partial charge is 0.171 e. The van der Waals surface area contributed by atoms with Crippen LogP contribution >= 0.6 is 11.8 Å². The second-order valence-corrected chi connectivity index (χ2v) is 4.64. The van der Waals surface area contributed by atoms with Crippen LogP contribution in [-0.2, 0) is 0 Å². The average molecular weight is 252 g/mol. The van der Waals surface area contributed by atoms with Gasteiger partial charge in [0, 0.05) is 17.8 Å². The van der Waals surface area contributed by atoms with E-state index in [1.165, 1.54) is 11.8 Å². The summed E-state index contributed by atoms with van der Waals surface area (Å²) in [6, 6.07) is 11.6. The van der Waals surface area contributed by atoms with E-state index >= 15 is 0 Å². The summed E-state index contributed by atoms with van der Waals surface area (Å²) < 4.78 is 0. The summed E-state index contributed by atoms with van der Waals surface area (Å²) in [6.45, 7) is 0. The average Bonchev–Trinajstić information content (AvgIpc) is 2.90. The van der Waals surface area contributed by atoms with Crippen molar-refractivity contribution >= 4 is 22.7 Å². The Morgan fingerprint density at radius 2 is 2.17 bits per heavy atom. The third-order valence-electron chi connectivity index (χ3n) is 2.49. The van der Waals surface area contributed by atoms with Crippen molar-refractivity contribution in [1.29, 1.82) is 5.26 Å². The van der Waals surface area contributed by atoms with Gasteiger partial charge in [-0.3, -0.25) is 0 Å². The Labute approximate surface area is 108 Å². The fourth-order valence-corrected chi connectivity index (χ4v) is 2.46. The highest BCUT2D eigenvalue weighted by molar-refractivity contribution is 7.99. The van der Waals surface area contributed by atoms with Crippen LogP contribution in [-0.4, -0.2) is 15.0 Å². The molecule has 5 heteroatoms. The Hall–Kier alpha value is -2.32. The summed E-state index contributed by atoms with van der Waals surface area (Å²) >= 11 is 1.41. The Balaban J connectivity index is 2.11. The van der Waals surface area contributed by atoms with Gasteiger partial charge in [0.1, 0.15) is 5.03 Å². The molecule has 86 valence electrons. The van der Waals surface area contributed by atoms with Crippen LogP contribution in [0.1, 0.15) is 5.56 Å². The highest BCUT2D eigenvalue weighted by Gasteiger charge is 2.07. The zero-order valence-corrected chi connectivity index (χ0v) is 10.1. The van der Waals surface area contributed by atoms with Gasteiger partial charge in [0.2, 0.25) is 0 Å². The van der Waals surface area contributed by atoms with Crippen molar-refractivity contribution < 1.29 is 0 Å². The van der Waals surface area contributed by atoms with Gasteiger partial charge in [-0.25, -0.2) is 9.97 Å². The van der Waals surface area contributed by atoms with Crippen molar-refractivity contribution in [1.82, 2.24) is 15.0 Å². The van der Waals surface area contributed by atoms with Crippen LogP contribution in [0.5, 0.6) is 0 Å². The molecule has 3 rings (SSSR count). The number of rotatable bonds is 2. The lowest BCUT2D eigenvalue weighted by Gasteiger charge is -2.03. The molecule has 0 unspecified atom stereocenters. The van der Waals surface area contributed by atoms with Crippen molar-refractivity contribution in [2.24, 2.45) is 0 Å². The van der Waals surface area contributed by atoms with Crippen LogP contribution in [0.25, 0.3) is 10.9 Å². The van der Waals surface area contributed by atoms with E-state index < -0.39 is 0 Å². The lowest BCUT2D eigenvalue weighted by molar-refractivity contribution is 1.05. The van der Waals surface area contributed by atoms with Crippen LogP contribution in [0.4, 0.5) is 0 Å². The third kappa shape index (κ3) is 1.94. The van der Waals surface area contributed by atoms with E-state index in [1.54, 1.807) is 18.5 Å². The van der Waals surface area contributed by atoms with E-state index in [2.05, 4.69) is 21.0 Å². The van der Waals surface area contributed by atoms with Crippen molar-refractivity contribution in [2.45, 2.75) is 10.2 Å². The first-order valence-electron chi connectivity index (χ1n) is 5.34. The van der Waals surface area contributed by atoms with Crippen molar-refractivity contribution in [2.75, 3.05) is 0 Å². The number of nitriles is 1. The molecule has 18 heavy (non-hydrogen) atoms. The quantitative estimate of drug-likeness (QED) is 0.761. The number of hydrogen-bond donors (Lipinski definition) is 1. The molecule has 0 amide bonds. The van der Waals surface area contributed by atoms with E-state index in [0.29, 0.717) is 5.56 Å². The predicted octanol–water partition coefficient (Wildman–Crippen LogP) is 2.98. The minimum atomic E-state index is 0.634. The maximum absolute atomic E-state index is 9.18. The number of imidazole rings is 1. The summed E-state index contributed by atoms with van der Waals surface area (Å²) in [5, 5.41) is 11.6. The summed E-state index contributed by atoms with van der Waals surface area (Å²) in [7, 11) is 0. The number of aromatic nitrogens is 3. The van der Waals surface area contributed by atoms with E-state index in [-0.39, 0.29) is 0 Å². The van der Waals surface area contributed by atoms with Gasteiger partial charge in [-0.15, -0.1) is 0 Å². The summed E-state index contributed by atoms with van der Waals surface area (Å²) in [4.78, 5) is 11.6. The molecule has 0 fully saturated rings. The van der Waals surface area contributed by atoms with E-state index in [9.17, 15) is 5.26 Å². The summed E-state index contributed by atoms with van der Waals surface area (Å²) in [5.74, 6) is 0. The molecule has 0 saturated carbocycles. The van der Waals surface area contributed by atoms with Gasteiger partial charge in [-0.2, -0.15) is 5.26 Å². The SMILES string of the molecule is N#Cc1cc(Sc2ncc[nH]2)nc2ccccc12. The molecule has 2 aromatic heterocycles. The second kappa shape index (κ2) is 4.51. The fourth-order valence-electron chi connectivity index (χ4n) is 1.70. The largest absolute Gasteiger partial charge is 0.339 e. The highest BCUT2D eigenvalue weighted by Crippen LogP contribution is 2.27. The topological polar surface area (TPSA) is 65.4 Å².